The van der Waals surface area contributed by atoms with Crippen LogP contribution in [0.2, 0.25) is 0 Å². The molecule has 0 spiro atoms. The van der Waals surface area contributed by atoms with E-state index in [1.54, 1.807) is 14.2 Å². The molecule has 0 saturated heterocycles. The molecule has 7 nitrogen and oxygen atoms in total. The number of rotatable bonds is 5. The second-order valence-corrected chi connectivity index (χ2v) is 5.18. The second-order valence-electron chi connectivity index (χ2n) is 5.18. The molecule has 0 aliphatic heterocycles. The Bertz CT molecular complexity index is 650. The van der Waals surface area contributed by atoms with Gasteiger partial charge in [-0.05, 0) is 37.1 Å². The molecule has 0 unspecified atom stereocenters. The molecule has 23 heavy (non-hydrogen) atoms. The van der Waals surface area contributed by atoms with Crippen molar-refractivity contribution in [3.05, 3.63) is 30.1 Å². The van der Waals surface area contributed by atoms with Crippen molar-refractivity contribution >= 4 is 29.9 Å². The third-order valence-corrected chi connectivity index (χ3v) is 3.45. The average molecular weight is 428 g/mol. The highest BCUT2D eigenvalue weighted by molar-refractivity contribution is 14.0. The van der Waals surface area contributed by atoms with Gasteiger partial charge in [-0.25, -0.2) is 4.98 Å². The van der Waals surface area contributed by atoms with Crippen molar-refractivity contribution < 1.29 is 4.74 Å². The summed E-state index contributed by atoms with van der Waals surface area (Å²) in [4.78, 5) is 8.67. The number of benzene rings is 1. The highest BCUT2D eigenvalue weighted by atomic mass is 127. The molecule has 124 valence electrons. The van der Waals surface area contributed by atoms with Crippen LogP contribution < -0.4 is 15.4 Å². The Balaban J connectivity index is 0.00000192. The first-order chi connectivity index (χ1) is 10.8. The van der Waals surface area contributed by atoms with Crippen LogP contribution in [-0.4, -0.2) is 41.3 Å². The van der Waals surface area contributed by atoms with Gasteiger partial charge in [-0.2, -0.15) is 5.10 Å². The summed E-state index contributed by atoms with van der Waals surface area (Å²) in [5, 5.41) is 13.7. The number of H-pyrrole nitrogens is 1. The average Bonchev–Trinajstić information content (AvgIpc) is 3.26. The van der Waals surface area contributed by atoms with Crippen molar-refractivity contribution in [1.29, 1.82) is 0 Å². The summed E-state index contributed by atoms with van der Waals surface area (Å²) in [7, 11) is 3.41. The number of nitrogens with one attached hydrogen (secondary N) is 3. The van der Waals surface area contributed by atoms with E-state index >= 15 is 0 Å². The zero-order valence-corrected chi connectivity index (χ0v) is 15.5. The Hall–Kier alpha value is -1.84. The molecule has 3 rings (SSSR count). The number of aromatic amines is 1. The fourth-order valence-electron chi connectivity index (χ4n) is 2.03. The number of guanidine groups is 1. The van der Waals surface area contributed by atoms with Gasteiger partial charge in [-0.15, -0.1) is 24.0 Å². The summed E-state index contributed by atoms with van der Waals surface area (Å²) in [6, 6.07) is 8.23. The monoisotopic (exact) mass is 428 g/mol. The van der Waals surface area contributed by atoms with Crippen molar-refractivity contribution in [2.75, 3.05) is 14.2 Å². The Morgan fingerprint density at radius 1 is 1.35 bits per heavy atom. The molecule has 1 heterocycles. The van der Waals surface area contributed by atoms with E-state index in [2.05, 4.69) is 30.8 Å². The lowest BCUT2D eigenvalue weighted by atomic mass is 10.2. The molecule has 1 aliphatic rings. The lowest BCUT2D eigenvalue weighted by Crippen LogP contribution is -2.38. The normalized spacial score (nSPS) is 14.1. The third kappa shape index (κ3) is 4.81. The van der Waals surface area contributed by atoms with Gasteiger partial charge in [0.15, 0.2) is 11.8 Å². The van der Waals surface area contributed by atoms with E-state index in [9.17, 15) is 0 Å². The second kappa shape index (κ2) is 8.14. The highest BCUT2D eigenvalue weighted by Crippen LogP contribution is 2.19. The molecule has 1 aliphatic carbocycles. The maximum atomic E-state index is 5.15. The summed E-state index contributed by atoms with van der Waals surface area (Å²) in [5.41, 5.74) is 0.948. The SMILES string of the molecule is CN=C(NCc1nc(-c2ccc(OC)cc2)n[nH]1)NC1CC1.I. The number of aromatic nitrogens is 3. The van der Waals surface area contributed by atoms with E-state index in [4.69, 9.17) is 4.74 Å². The van der Waals surface area contributed by atoms with Crippen LogP contribution >= 0.6 is 24.0 Å². The van der Waals surface area contributed by atoms with Gasteiger partial charge in [0.05, 0.1) is 13.7 Å². The third-order valence-electron chi connectivity index (χ3n) is 3.45. The van der Waals surface area contributed by atoms with Crippen LogP contribution in [0.5, 0.6) is 5.75 Å². The summed E-state index contributed by atoms with van der Waals surface area (Å²) in [6.07, 6.45) is 2.43. The van der Waals surface area contributed by atoms with Crippen molar-refractivity contribution in [2.24, 2.45) is 4.99 Å². The van der Waals surface area contributed by atoms with Gasteiger partial charge in [-0.3, -0.25) is 10.1 Å². The number of nitrogens with zero attached hydrogens (tertiary/aromatic N) is 3. The number of ether oxygens (including phenoxy) is 1. The first-order valence-electron chi connectivity index (χ1n) is 7.31. The largest absolute Gasteiger partial charge is 0.497 e. The molecule has 0 atom stereocenters. The molecule has 0 amide bonds. The van der Waals surface area contributed by atoms with Gasteiger partial charge in [0, 0.05) is 18.7 Å². The standard InChI is InChI=1S/C15H20N6O.HI/c1-16-15(18-11-5-6-11)17-9-13-19-14(21-20-13)10-3-7-12(22-2)8-4-10;/h3-4,7-8,11H,5-6,9H2,1-2H3,(H2,16,17,18)(H,19,20,21);1H. The van der Waals surface area contributed by atoms with Crippen molar-refractivity contribution in [3.8, 4) is 17.1 Å². The summed E-state index contributed by atoms with van der Waals surface area (Å²) in [5.74, 6) is 3.05. The van der Waals surface area contributed by atoms with Gasteiger partial charge in [0.1, 0.15) is 11.6 Å². The summed E-state index contributed by atoms with van der Waals surface area (Å²) < 4.78 is 5.15. The van der Waals surface area contributed by atoms with Gasteiger partial charge in [0.25, 0.3) is 0 Å². The van der Waals surface area contributed by atoms with E-state index < -0.39 is 0 Å². The zero-order chi connectivity index (χ0) is 15.4. The maximum absolute atomic E-state index is 5.15. The molecule has 3 N–H and O–H groups in total. The zero-order valence-electron chi connectivity index (χ0n) is 13.2. The molecule has 8 heteroatoms. The number of aliphatic imine (C=N–C) groups is 1. The predicted molar refractivity (Wildman–Crippen MR) is 100 cm³/mol. The predicted octanol–water partition coefficient (Wildman–Crippen LogP) is 1.93. The Kier molecular flexibility index (Phi) is 6.20. The quantitative estimate of drug-likeness (QED) is 0.385. The topological polar surface area (TPSA) is 87.2 Å². The summed E-state index contributed by atoms with van der Waals surface area (Å²) >= 11 is 0. The number of methoxy groups -OCH3 is 1. The fourth-order valence-corrected chi connectivity index (χ4v) is 2.03. The molecular weight excluding hydrogens is 407 g/mol. The molecule has 1 aromatic carbocycles. The van der Waals surface area contributed by atoms with Crippen LogP contribution in [0.4, 0.5) is 0 Å². The molecule has 0 radical (unpaired) electrons. The van der Waals surface area contributed by atoms with Crippen LogP contribution in [0.3, 0.4) is 0 Å². The molecule has 2 aromatic rings. The van der Waals surface area contributed by atoms with Gasteiger partial charge < -0.3 is 15.4 Å². The van der Waals surface area contributed by atoms with Crippen LogP contribution in [0.25, 0.3) is 11.4 Å². The maximum Gasteiger partial charge on any atom is 0.191 e. The van der Waals surface area contributed by atoms with Crippen molar-refractivity contribution in [2.45, 2.75) is 25.4 Å². The Morgan fingerprint density at radius 2 is 2.09 bits per heavy atom. The molecule has 0 bridgehead atoms. The highest BCUT2D eigenvalue weighted by Gasteiger charge is 2.22. The van der Waals surface area contributed by atoms with E-state index in [-0.39, 0.29) is 24.0 Å². The van der Waals surface area contributed by atoms with Crippen LogP contribution in [0.15, 0.2) is 29.3 Å². The van der Waals surface area contributed by atoms with E-state index in [1.165, 1.54) is 12.8 Å². The molecule has 1 saturated carbocycles. The first kappa shape index (κ1) is 17.5. The number of hydrogen-bond acceptors (Lipinski definition) is 4. The van der Waals surface area contributed by atoms with E-state index in [1.807, 2.05) is 24.3 Å². The molecule has 1 aromatic heterocycles. The minimum Gasteiger partial charge on any atom is -0.497 e. The molecular formula is C15H21IN6O. The number of hydrogen-bond donors (Lipinski definition) is 3. The lowest BCUT2D eigenvalue weighted by molar-refractivity contribution is 0.415. The Labute approximate surface area is 152 Å². The van der Waals surface area contributed by atoms with Crippen molar-refractivity contribution in [1.82, 2.24) is 25.8 Å². The van der Waals surface area contributed by atoms with Crippen LogP contribution in [0, 0.1) is 0 Å². The fraction of sp³-hybridized carbons (Fsp3) is 0.400. The summed E-state index contributed by atoms with van der Waals surface area (Å²) in [6.45, 7) is 0.551. The van der Waals surface area contributed by atoms with Crippen molar-refractivity contribution in [3.63, 3.8) is 0 Å². The smallest absolute Gasteiger partial charge is 0.191 e. The first-order valence-corrected chi connectivity index (χ1v) is 7.31. The lowest BCUT2D eigenvalue weighted by Gasteiger charge is -2.09. The van der Waals surface area contributed by atoms with Crippen LogP contribution in [-0.2, 0) is 6.54 Å². The number of halogens is 1. The molecule has 1 fully saturated rings. The minimum absolute atomic E-state index is 0. The van der Waals surface area contributed by atoms with Crippen LogP contribution in [0.1, 0.15) is 18.7 Å². The van der Waals surface area contributed by atoms with Gasteiger partial charge in [-0.1, -0.05) is 0 Å². The minimum atomic E-state index is 0. The van der Waals surface area contributed by atoms with E-state index in [0.29, 0.717) is 18.4 Å². The van der Waals surface area contributed by atoms with Gasteiger partial charge >= 0.3 is 0 Å². The Morgan fingerprint density at radius 3 is 2.70 bits per heavy atom. The van der Waals surface area contributed by atoms with E-state index in [0.717, 1.165) is 23.1 Å². The van der Waals surface area contributed by atoms with Gasteiger partial charge in [0.2, 0.25) is 0 Å².